The lowest BCUT2D eigenvalue weighted by molar-refractivity contribution is 0.347. The fourth-order valence-electron chi connectivity index (χ4n) is 1.37. The molecule has 0 bridgehead atoms. The quantitative estimate of drug-likeness (QED) is 0.618. The molecule has 0 fully saturated rings. The molecular weight excluding hydrogens is 175 g/mol. The first-order chi connectivity index (χ1) is 6.56. The average molecular weight is 194 g/mol. The zero-order chi connectivity index (χ0) is 10.6. The Kier molecular flexibility index (Phi) is 3.68. The summed E-state index contributed by atoms with van der Waals surface area (Å²) in [6.07, 6.45) is 10.9. The minimum absolute atomic E-state index is 0.00357. The molecule has 0 heterocycles. The van der Waals surface area contributed by atoms with Crippen molar-refractivity contribution in [3.8, 4) is 0 Å². The summed E-state index contributed by atoms with van der Waals surface area (Å²) in [6.45, 7) is 6.00. The average Bonchev–Trinajstić information content (AvgIpc) is 2.12. The largest absolute Gasteiger partial charge is 0.211 e. The van der Waals surface area contributed by atoms with E-state index in [1.54, 1.807) is 6.08 Å². The Hall–Kier alpha value is -0.850. The summed E-state index contributed by atoms with van der Waals surface area (Å²) in [5, 5.41) is 0. The van der Waals surface area contributed by atoms with Crippen molar-refractivity contribution in [1.82, 2.24) is 0 Å². The number of halogens is 1. The molecule has 0 aromatic rings. The highest BCUT2D eigenvalue weighted by Crippen LogP contribution is 2.36. The topological polar surface area (TPSA) is 0 Å². The lowest BCUT2D eigenvalue weighted by atomic mass is 9.83. The van der Waals surface area contributed by atoms with Crippen molar-refractivity contribution in [1.29, 1.82) is 0 Å². The smallest absolute Gasteiger partial charge is 0.106 e. The van der Waals surface area contributed by atoms with E-state index in [-0.39, 0.29) is 11.2 Å². The summed E-state index contributed by atoms with van der Waals surface area (Å²) >= 11 is 0. The normalized spacial score (nSPS) is 20.9. The molecule has 1 heteroatoms. The van der Waals surface area contributed by atoms with Gasteiger partial charge < -0.3 is 0 Å². The molecule has 0 unspecified atom stereocenters. The van der Waals surface area contributed by atoms with Gasteiger partial charge in [0.1, 0.15) is 5.83 Å². The van der Waals surface area contributed by atoms with Gasteiger partial charge in [-0.3, -0.25) is 0 Å². The monoisotopic (exact) mass is 194 g/mol. The number of allylic oxidation sites excluding steroid dienone is 6. The van der Waals surface area contributed by atoms with Crippen molar-refractivity contribution >= 4 is 0 Å². The Morgan fingerprint density at radius 2 is 2.21 bits per heavy atom. The first-order valence-electron chi connectivity index (χ1n) is 5.30. The third-order valence-corrected chi connectivity index (χ3v) is 2.55. The van der Waals surface area contributed by atoms with Crippen LogP contribution in [0, 0.1) is 5.41 Å². The second-order valence-electron chi connectivity index (χ2n) is 4.48. The Labute approximate surface area is 86.2 Å². The van der Waals surface area contributed by atoms with Gasteiger partial charge in [-0.2, -0.15) is 0 Å². The van der Waals surface area contributed by atoms with Crippen molar-refractivity contribution in [3.05, 3.63) is 35.7 Å². The summed E-state index contributed by atoms with van der Waals surface area (Å²) in [6, 6.07) is 0. The van der Waals surface area contributed by atoms with Crippen LogP contribution in [-0.2, 0) is 0 Å². The predicted octanol–water partition coefficient (Wildman–Crippen LogP) is 4.55. The maximum atomic E-state index is 13.5. The molecule has 0 aromatic heterocycles. The van der Waals surface area contributed by atoms with Crippen LogP contribution in [0.5, 0.6) is 0 Å². The van der Waals surface area contributed by atoms with Gasteiger partial charge >= 0.3 is 0 Å². The Balaban J connectivity index is 2.64. The summed E-state index contributed by atoms with van der Waals surface area (Å²) in [4.78, 5) is 0. The lowest BCUT2D eigenvalue weighted by Crippen LogP contribution is -2.13. The van der Waals surface area contributed by atoms with Crippen molar-refractivity contribution < 1.29 is 4.39 Å². The summed E-state index contributed by atoms with van der Waals surface area (Å²) in [5.74, 6) is -0.00357. The molecule has 0 radical (unpaired) electrons. The van der Waals surface area contributed by atoms with Gasteiger partial charge in [0.25, 0.3) is 0 Å². The van der Waals surface area contributed by atoms with Gasteiger partial charge in [-0.05, 0) is 24.5 Å². The van der Waals surface area contributed by atoms with Gasteiger partial charge in [0.15, 0.2) is 0 Å². The van der Waals surface area contributed by atoms with Crippen molar-refractivity contribution in [2.75, 3.05) is 0 Å². The highest BCUT2D eigenvalue weighted by atomic mass is 19.1. The van der Waals surface area contributed by atoms with Crippen LogP contribution in [0.15, 0.2) is 35.7 Å². The Bertz CT molecular complexity index is 280. The molecule has 0 aliphatic heterocycles. The number of hydrogen-bond donors (Lipinski definition) is 0. The highest BCUT2D eigenvalue weighted by Gasteiger charge is 2.25. The molecule has 0 atom stereocenters. The summed E-state index contributed by atoms with van der Waals surface area (Å²) < 4.78 is 13.5. The van der Waals surface area contributed by atoms with Gasteiger partial charge in [0.05, 0.1) is 0 Å². The minimum Gasteiger partial charge on any atom is -0.211 e. The van der Waals surface area contributed by atoms with Gasteiger partial charge in [-0.15, -0.1) is 0 Å². The van der Waals surface area contributed by atoms with E-state index in [0.29, 0.717) is 0 Å². The van der Waals surface area contributed by atoms with E-state index in [0.717, 1.165) is 24.8 Å². The van der Waals surface area contributed by atoms with Crippen LogP contribution in [0.2, 0.25) is 0 Å². The van der Waals surface area contributed by atoms with Gasteiger partial charge in [-0.1, -0.05) is 45.4 Å². The summed E-state index contributed by atoms with van der Waals surface area (Å²) in [5.41, 5.74) is 0.706. The fraction of sp³-hybridized carbons (Fsp3) is 0.538. The molecule has 0 N–H and O–H groups in total. The van der Waals surface area contributed by atoms with Crippen LogP contribution in [0.1, 0.15) is 40.0 Å². The maximum absolute atomic E-state index is 13.5. The van der Waals surface area contributed by atoms with E-state index in [1.165, 1.54) is 0 Å². The molecule has 0 nitrogen and oxygen atoms in total. The van der Waals surface area contributed by atoms with Crippen LogP contribution >= 0.6 is 0 Å². The summed E-state index contributed by atoms with van der Waals surface area (Å²) in [7, 11) is 0. The second-order valence-corrected chi connectivity index (χ2v) is 4.48. The molecule has 0 aromatic carbocycles. The van der Waals surface area contributed by atoms with Crippen LogP contribution in [0.25, 0.3) is 0 Å². The Morgan fingerprint density at radius 3 is 2.79 bits per heavy atom. The van der Waals surface area contributed by atoms with E-state index >= 15 is 0 Å². The van der Waals surface area contributed by atoms with Crippen LogP contribution in [0.3, 0.4) is 0 Å². The number of hydrogen-bond acceptors (Lipinski definition) is 0. The first kappa shape index (κ1) is 11.2. The van der Waals surface area contributed by atoms with E-state index in [9.17, 15) is 4.39 Å². The van der Waals surface area contributed by atoms with Crippen LogP contribution in [-0.4, -0.2) is 0 Å². The molecule has 1 aliphatic rings. The van der Waals surface area contributed by atoms with E-state index in [1.807, 2.05) is 19.9 Å². The molecule has 0 amide bonds. The van der Waals surface area contributed by atoms with Gasteiger partial charge in [-0.25, -0.2) is 4.39 Å². The van der Waals surface area contributed by atoms with E-state index < -0.39 is 0 Å². The number of rotatable bonds is 3. The third-order valence-electron chi connectivity index (χ3n) is 2.55. The molecule has 0 saturated carbocycles. The van der Waals surface area contributed by atoms with Crippen molar-refractivity contribution in [2.45, 2.75) is 40.0 Å². The third kappa shape index (κ3) is 2.83. The van der Waals surface area contributed by atoms with E-state index in [4.69, 9.17) is 0 Å². The standard InChI is InChI=1S/C13H19F/c1-4-5-6-7-11-8-9-13(2,3)12(14)10-11/h6-8,10H,4-5,9H2,1-3H3/b7-6+. The van der Waals surface area contributed by atoms with Crippen molar-refractivity contribution in [2.24, 2.45) is 5.41 Å². The molecule has 0 saturated heterocycles. The van der Waals surface area contributed by atoms with E-state index in [2.05, 4.69) is 19.1 Å². The maximum Gasteiger partial charge on any atom is 0.106 e. The molecule has 1 aliphatic carbocycles. The molecule has 14 heavy (non-hydrogen) atoms. The van der Waals surface area contributed by atoms with Gasteiger partial charge in [0, 0.05) is 5.41 Å². The fourth-order valence-corrected chi connectivity index (χ4v) is 1.37. The zero-order valence-corrected chi connectivity index (χ0v) is 9.31. The molecule has 0 spiro atoms. The predicted molar refractivity (Wildman–Crippen MR) is 59.7 cm³/mol. The zero-order valence-electron chi connectivity index (χ0n) is 9.31. The minimum atomic E-state index is -0.303. The number of unbranched alkanes of at least 4 members (excludes halogenated alkanes) is 1. The van der Waals surface area contributed by atoms with Gasteiger partial charge in [0.2, 0.25) is 0 Å². The second kappa shape index (κ2) is 4.59. The first-order valence-corrected chi connectivity index (χ1v) is 5.30. The lowest BCUT2D eigenvalue weighted by Gasteiger charge is -2.24. The molecule has 78 valence electrons. The Morgan fingerprint density at radius 1 is 1.50 bits per heavy atom. The van der Waals surface area contributed by atoms with Crippen LogP contribution < -0.4 is 0 Å². The molecular formula is C13H19F. The van der Waals surface area contributed by atoms with Crippen LogP contribution in [0.4, 0.5) is 4.39 Å². The SMILES string of the molecule is CCC/C=C/C1=CCC(C)(C)C(F)=C1. The highest BCUT2D eigenvalue weighted by molar-refractivity contribution is 5.37. The molecule has 1 rings (SSSR count). The van der Waals surface area contributed by atoms with Crippen molar-refractivity contribution in [3.63, 3.8) is 0 Å².